The van der Waals surface area contributed by atoms with Crippen LogP contribution >= 0.6 is 0 Å². The van der Waals surface area contributed by atoms with Crippen molar-refractivity contribution < 1.29 is 4.42 Å². The van der Waals surface area contributed by atoms with Gasteiger partial charge in [0.15, 0.2) is 0 Å². The molecule has 0 aliphatic heterocycles. The van der Waals surface area contributed by atoms with E-state index in [0.717, 1.165) is 11.2 Å². The second kappa shape index (κ2) is 4.36. The number of hydrogen-bond donors (Lipinski definition) is 0. The lowest BCUT2D eigenvalue weighted by molar-refractivity contribution is 0.669. The molecule has 1 nitrogen and oxygen atoms in total. The van der Waals surface area contributed by atoms with Crippen LogP contribution in [0.15, 0.2) is 65.1 Å². The minimum atomic E-state index is 0.965. The fourth-order valence-electron chi connectivity index (χ4n) is 3.63. The van der Waals surface area contributed by atoms with Crippen LogP contribution in [0.3, 0.4) is 0 Å². The van der Waals surface area contributed by atoms with Gasteiger partial charge in [0.1, 0.15) is 11.2 Å². The van der Waals surface area contributed by atoms with Crippen molar-refractivity contribution in [2.24, 2.45) is 0 Å². The van der Waals surface area contributed by atoms with E-state index in [0.29, 0.717) is 0 Å². The van der Waals surface area contributed by atoms with Crippen molar-refractivity contribution in [1.82, 2.24) is 0 Å². The summed E-state index contributed by atoms with van der Waals surface area (Å²) in [6, 6.07) is 21.7. The van der Waals surface area contributed by atoms with Crippen molar-refractivity contribution in [3.8, 4) is 0 Å². The van der Waals surface area contributed by atoms with Gasteiger partial charge in [-0.25, -0.2) is 0 Å². The summed E-state index contributed by atoms with van der Waals surface area (Å²) in [6.07, 6.45) is 0. The lowest BCUT2D eigenvalue weighted by atomic mass is 9.98. The Kier molecular flexibility index (Phi) is 2.41. The van der Waals surface area contributed by atoms with Gasteiger partial charge in [-0.1, -0.05) is 59.7 Å². The van der Waals surface area contributed by atoms with Gasteiger partial charge in [-0.15, -0.1) is 0 Å². The minimum Gasteiger partial charge on any atom is -0.456 e. The number of fused-ring (bicyclic) bond motifs is 7. The Hall–Kier alpha value is -2.80. The summed E-state index contributed by atoms with van der Waals surface area (Å²) in [6.45, 7) is 4.28. The van der Waals surface area contributed by atoms with E-state index >= 15 is 0 Å². The van der Waals surface area contributed by atoms with E-state index in [1.54, 1.807) is 0 Å². The largest absolute Gasteiger partial charge is 0.456 e. The Bertz CT molecular complexity index is 1130. The van der Waals surface area contributed by atoms with Gasteiger partial charge < -0.3 is 4.42 Å². The molecule has 4 aromatic carbocycles. The first-order valence-electron chi connectivity index (χ1n) is 7.96. The smallest absolute Gasteiger partial charge is 0.136 e. The van der Waals surface area contributed by atoms with Crippen LogP contribution in [0.5, 0.6) is 0 Å². The summed E-state index contributed by atoms with van der Waals surface area (Å²) in [5.74, 6) is 0. The molecule has 1 aromatic heterocycles. The zero-order valence-electron chi connectivity index (χ0n) is 13.2. The van der Waals surface area contributed by atoms with Crippen LogP contribution in [0.4, 0.5) is 0 Å². The molecule has 0 aliphatic rings. The second-order valence-electron chi connectivity index (χ2n) is 6.43. The standard InChI is InChI=1S/C22H16O/c1-13-3-5-15-7-9-19-21(17(15)11-13)22-18-12-14(2)4-6-16(18)8-10-20(22)23-19/h3-12H,1-2H3. The molecule has 0 saturated heterocycles. The van der Waals surface area contributed by atoms with Crippen molar-refractivity contribution in [3.63, 3.8) is 0 Å². The zero-order valence-corrected chi connectivity index (χ0v) is 13.2. The van der Waals surface area contributed by atoms with Crippen LogP contribution in [0.2, 0.25) is 0 Å². The molecule has 0 atom stereocenters. The molecule has 5 aromatic rings. The molecule has 5 rings (SSSR count). The first-order chi connectivity index (χ1) is 11.2. The van der Waals surface area contributed by atoms with Gasteiger partial charge >= 0.3 is 0 Å². The van der Waals surface area contributed by atoms with Gasteiger partial charge in [0.2, 0.25) is 0 Å². The Labute approximate surface area is 134 Å². The van der Waals surface area contributed by atoms with E-state index in [9.17, 15) is 0 Å². The monoisotopic (exact) mass is 296 g/mol. The fraction of sp³-hybridized carbons (Fsp3) is 0.0909. The van der Waals surface area contributed by atoms with Crippen LogP contribution in [0.1, 0.15) is 11.1 Å². The number of rotatable bonds is 0. The van der Waals surface area contributed by atoms with E-state index in [1.807, 2.05) is 0 Å². The third-order valence-corrected chi connectivity index (χ3v) is 4.75. The molecule has 0 N–H and O–H groups in total. The van der Waals surface area contributed by atoms with Crippen molar-refractivity contribution in [3.05, 3.63) is 71.8 Å². The molecule has 0 amide bonds. The third kappa shape index (κ3) is 1.74. The Morgan fingerprint density at radius 1 is 0.565 bits per heavy atom. The average Bonchev–Trinajstić information content (AvgIpc) is 2.94. The second-order valence-corrected chi connectivity index (χ2v) is 6.43. The van der Waals surface area contributed by atoms with Crippen molar-refractivity contribution in [2.75, 3.05) is 0 Å². The highest BCUT2D eigenvalue weighted by atomic mass is 16.3. The van der Waals surface area contributed by atoms with Crippen molar-refractivity contribution >= 4 is 43.5 Å². The summed E-state index contributed by atoms with van der Waals surface area (Å²) >= 11 is 0. The predicted octanol–water partition coefficient (Wildman–Crippen LogP) is 6.51. The maximum atomic E-state index is 6.15. The summed E-state index contributed by atoms with van der Waals surface area (Å²) in [4.78, 5) is 0. The molecule has 0 spiro atoms. The molecule has 0 aliphatic carbocycles. The lowest BCUT2D eigenvalue weighted by Gasteiger charge is -2.04. The van der Waals surface area contributed by atoms with E-state index < -0.39 is 0 Å². The summed E-state index contributed by atoms with van der Waals surface area (Å²) in [7, 11) is 0. The predicted molar refractivity (Wildman–Crippen MR) is 98.2 cm³/mol. The SMILES string of the molecule is Cc1ccc2ccc3oc4ccc5ccc(C)cc5c4c3c2c1. The average molecular weight is 296 g/mol. The maximum Gasteiger partial charge on any atom is 0.136 e. The molecule has 23 heavy (non-hydrogen) atoms. The molecule has 0 unspecified atom stereocenters. The number of aryl methyl sites for hydroxylation is 2. The van der Waals surface area contributed by atoms with Crippen molar-refractivity contribution in [2.45, 2.75) is 13.8 Å². The maximum absolute atomic E-state index is 6.15. The highest BCUT2D eigenvalue weighted by Crippen LogP contribution is 2.39. The highest BCUT2D eigenvalue weighted by molar-refractivity contribution is 6.26. The van der Waals surface area contributed by atoms with Gasteiger partial charge in [0.05, 0.1) is 0 Å². The van der Waals surface area contributed by atoms with E-state index in [4.69, 9.17) is 4.42 Å². The van der Waals surface area contributed by atoms with E-state index in [2.05, 4.69) is 74.5 Å². The quantitative estimate of drug-likeness (QED) is 0.317. The van der Waals surface area contributed by atoms with Gasteiger partial charge in [0, 0.05) is 10.8 Å². The zero-order chi connectivity index (χ0) is 15.6. The van der Waals surface area contributed by atoms with Crippen LogP contribution in [-0.4, -0.2) is 0 Å². The van der Waals surface area contributed by atoms with Crippen LogP contribution in [0, 0.1) is 13.8 Å². The van der Waals surface area contributed by atoms with Gasteiger partial charge in [-0.05, 0) is 47.5 Å². The summed E-state index contributed by atoms with van der Waals surface area (Å²) in [5, 5.41) is 7.53. The first kappa shape index (κ1) is 12.7. The Morgan fingerprint density at radius 3 is 1.48 bits per heavy atom. The molecular formula is C22H16O. The molecule has 110 valence electrons. The molecule has 0 fully saturated rings. The summed E-state index contributed by atoms with van der Waals surface area (Å²) < 4.78 is 6.15. The lowest BCUT2D eigenvalue weighted by Crippen LogP contribution is -1.80. The topological polar surface area (TPSA) is 13.1 Å². The molecular weight excluding hydrogens is 280 g/mol. The molecule has 1 heteroatoms. The summed E-state index contributed by atoms with van der Waals surface area (Å²) in [5.41, 5.74) is 4.48. The Balaban J connectivity index is 2.14. The van der Waals surface area contributed by atoms with Crippen molar-refractivity contribution in [1.29, 1.82) is 0 Å². The molecule has 0 bridgehead atoms. The highest BCUT2D eigenvalue weighted by Gasteiger charge is 2.13. The van der Waals surface area contributed by atoms with Gasteiger partial charge in [-0.3, -0.25) is 0 Å². The Morgan fingerprint density at radius 2 is 1.00 bits per heavy atom. The van der Waals surface area contributed by atoms with Gasteiger partial charge in [0.25, 0.3) is 0 Å². The third-order valence-electron chi connectivity index (χ3n) is 4.75. The molecule has 0 radical (unpaired) electrons. The minimum absolute atomic E-state index is 0.965. The first-order valence-corrected chi connectivity index (χ1v) is 7.96. The van der Waals surface area contributed by atoms with E-state index in [-0.39, 0.29) is 0 Å². The fourth-order valence-corrected chi connectivity index (χ4v) is 3.63. The molecule has 0 saturated carbocycles. The normalized spacial score (nSPS) is 11.9. The number of benzene rings is 4. The van der Waals surface area contributed by atoms with Gasteiger partial charge in [-0.2, -0.15) is 0 Å². The van der Waals surface area contributed by atoms with Crippen LogP contribution in [-0.2, 0) is 0 Å². The number of furan rings is 1. The molecule has 1 heterocycles. The van der Waals surface area contributed by atoms with Crippen LogP contribution < -0.4 is 0 Å². The van der Waals surface area contributed by atoms with E-state index in [1.165, 1.54) is 43.4 Å². The van der Waals surface area contributed by atoms with Crippen LogP contribution in [0.25, 0.3) is 43.5 Å². The number of hydrogen-bond acceptors (Lipinski definition) is 1.